The largest absolute Gasteiger partial charge is 0.350 e. The van der Waals surface area contributed by atoms with E-state index in [9.17, 15) is 9.18 Å². The Morgan fingerprint density at radius 1 is 1.14 bits per heavy atom. The Balaban J connectivity index is 1.77. The molecular weight excluding hydrogens is 285 g/mol. The smallest absolute Gasteiger partial charge is 0.175 e. The highest BCUT2D eigenvalue weighted by Crippen LogP contribution is 2.28. The number of rotatable bonds is 4. The first-order chi connectivity index (χ1) is 10.1. The molecule has 1 aromatic heterocycles. The SMILES string of the molecule is CC(Sc1cc2ccccc2[nH]1)C(=O)c1ccc(F)cc1. The highest BCUT2D eigenvalue weighted by Gasteiger charge is 2.17. The summed E-state index contributed by atoms with van der Waals surface area (Å²) >= 11 is 1.48. The molecule has 1 N–H and O–H groups in total. The number of ketones is 1. The van der Waals surface area contributed by atoms with Gasteiger partial charge in [-0.1, -0.05) is 30.0 Å². The van der Waals surface area contributed by atoms with E-state index >= 15 is 0 Å². The number of para-hydroxylation sites is 1. The molecule has 3 rings (SSSR count). The number of carbonyl (C=O) groups is 1. The highest BCUT2D eigenvalue weighted by atomic mass is 32.2. The summed E-state index contributed by atoms with van der Waals surface area (Å²) in [6.45, 7) is 1.86. The van der Waals surface area contributed by atoms with E-state index in [0.29, 0.717) is 5.56 Å². The van der Waals surface area contributed by atoms with E-state index in [1.807, 2.05) is 37.3 Å². The lowest BCUT2D eigenvalue weighted by atomic mass is 10.1. The first-order valence-corrected chi connectivity index (χ1v) is 7.55. The number of Topliss-reactive ketones (excluding diaryl/α,β-unsaturated/α-hetero) is 1. The van der Waals surface area contributed by atoms with E-state index in [2.05, 4.69) is 4.98 Å². The molecule has 2 nitrogen and oxygen atoms in total. The maximum Gasteiger partial charge on any atom is 0.175 e. The number of aromatic nitrogens is 1. The second kappa shape index (κ2) is 5.74. The van der Waals surface area contributed by atoms with Crippen LogP contribution in [0.15, 0.2) is 59.6 Å². The van der Waals surface area contributed by atoms with E-state index < -0.39 is 0 Å². The first-order valence-electron chi connectivity index (χ1n) is 6.68. The fourth-order valence-corrected chi connectivity index (χ4v) is 3.19. The van der Waals surface area contributed by atoms with Crippen LogP contribution in [0.4, 0.5) is 4.39 Å². The minimum absolute atomic E-state index is 0.00124. The van der Waals surface area contributed by atoms with Crippen molar-refractivity contribution in [2.75, 3.05) is 0 Å². The average Bonchev–Trinajstić information content (AvgIpc) is 2.89. The van der Waals surface area contributed by atoms with Crippen LogP contribution in [0.2, 0.25) is 0 Å². The molecule has 0 aliphatic heterocycles. The highest BCUT2D eigenvalue weighted by molar-refractivity contribution is 8.00. The van der Waals surface area contributed by atoms with Crippen molar-refractivity contribution in [2.45, 2.75) is 17.2 Å². The number of hydrogen-bond acceptors (Lipinski definition) is 2. The molecule has 1 unspecified atom stereocenters. The van der Waals surface area contributed by atoms with Gasteiger partial charge in [0.2, 0.25) is 0 Å². The summed E-state index contributed by atoms with van der Waals surface area (Å²) in [5.41, 5.74) is 1.59. The van der Waals surface area contributed by atoms with Gasteiger partial charge < -0.3 is 4.98 Å². The number of H-pyrrole nitrogens is 1. The number of nitrogens with one attached hydrogen (secondary N) is 1. The molecule has 3 aromatic rings. The molecule has 0 amide bonds. The number of carbonyl (C=O) groups excluding carboxylic acids is 1. The predicted molar refractivity (Wildman–Crippen MR) is 84.3 cm³/mol. The van der Waals surface area contributed by atoms with Crippen LogP contribution in [-0.2, 0) is 0 Å². The Hall–Kier alpha value is -2.07. The Labute approximate surface area is 126 Å². The maximum absolute atomic E-state index is 12.9. The first kappa shape index (κ1) is 13.9. The van der Waals surface area contributed by atoms with Crippen molar-refractivity contribution in [3.05, 3.63) is 66.0 Å². The van der Waals surface area contributed by atoms with Gasteiger partial charge in [0.15, 0.2) is 5.78 Å². The van der Waals surface area contributed by atoms with Crippen molar-refractivity contribution in [1.82, 2.24) is 4.98 Å². The summed E-state index contributed by atoms with van der Waals surface area (Å²) in [6, 6.07) is 15.7. The third-order valence-electron chi connectivity index (χ3n) is 3.31. The normalized spacial score (nSPS) is 12.5. The molecule has 0 aliphatic carbocycles. The summed E-state index contributed by atoms with van der Waals surface area (Å²) in [5.74, 6) is -0.332. The van der Waals surface area contributed by atoms with Crippen LogP contribution in [0.1, 0.15) is 17.3 Å². The Morgan fingerprint density at radius 2 is 1.86 bits per heavy atom. The molecule has 0 aliphatic rings. The number of fused-ring (bicyclic) bond motifs is 1. The Bertz CT molecular complexity index is 746. The van der Waals surface area contributed by atoms with Gasteiger partial charge in [-0.15, -0.1) is 0 Å². The van der Waals surface area contributed by atoms with Gasteiger partial charge in [0.1, 0.15) is 5.82 Å². The lowest BCUT2D eigenvalue weighted by molar-refractivity contribution is 0.0994. The molecule has 0 saturated carbocycles. The van der Waals surface area contributed by atoms with Crippen molar-refractivity contribution in [2.24, 2.45) is 0 Å². The maximum atomic E-state index is 12.9. The van der Waals surface area contributed by atoms with Gasteiger partial charge in [0.25, 0.3) is 0 Å². The van der Waals surface area contributed by atoms with Crippen LogP contribution in [-0.4, -0.2) is 16.0 Å². The topological polar surface area (TPSA) is 32.9 Å². The molecule has 0 bridgehead atoms. The van der Waals surface area contributed by atoms with Gasteiger partial charge in [-0.25, -0.2) is 4.39 Å². The molecule has 1 atom stereocenters. The Morgan fingerprint density at radius 3 is 2.57 bits per heavy atom. The molecule has 106 valence electrons. The van der Waals surface area contributed by atoms with Crippen LogP contribution in [0.5, 0.6) is 0 Å². The summed E-state index contributed by atoms with van der Waals surface area (Å²) < 4.78 is 12.9. The van der Waals surface area contributed by atoms with Crippen molar-refractivity contribution < 1.29 is 9.18 Å². The fourth-order valence-electron chi connectivity index (χ4n) is 2.20. The second-order valence-electron chi connectivity index (χ2n) is 4.85. The summed E-state index contributed by atoms with van der Waals surface area (Å²) in [6.07, 6.45) is 0. The van der Waals surface area contributed by atoms with Gasteiger partial charge in [-0.3, -0.25) is 4.79 Å². The number of aromatic amines is 1. The quantitative estimate of drug-likeness (QED) is 0.561. The molecule has 21 heavy (non-hydrogen) atoms. The van der Waals surface area contributed by atoms with E-state index in [4.69, 9.17) is 0 Å². The third kappa shape index (κ3) is 3.00. The molecule has 0 radical (unpaired) electrons. The van der Waals surface area contributed by atoms with E-state index in [1.54, 1.807) is 0 Å². The standard InChI is InChI=1S/C17H14FNOS/c1-11(17(20)12-6-8-14(18)9-7-12)21-16-10-13-4-2-3-5-15(13)19-16/h2-11,19H,1H3. The monoisotopic (exact) mass is 299 g/mol. The summed E-state index contributed by atoms with van der Waals surface area (Å²) in [5, 5.41) is 1.85. The van der Waals surface area contributed by atoms with Crippen LogP contribution in [0.25, 0.3) is 10.9 Å². The minimum Gasteiger partial charge on any atom is -0.350 e. The number of hydrogen-bond donors (Lipinski definition) is 1. The second-order valence-corrected chi connectivity index (χ2v) is 6.23. The zero-order valence-corrected chi connectivity index (χ0v) is 12.3. The van der Waals surface area contributed by atoms with Crippen LogP contribution >= 0.6 is 11.8 Å². The lowest BCUT2D eigenvalue weighted by Gasteiger charge is -2.08. The van der Waals surface area contributed by atoms with E-state index in [-0.39, 0.29) is 16.9 Å². The minimum atomic E-state index is -0.331. The molecule has 2 aromatic carbocycles. The zero-order valence-electron chi connectivity index (χ0n) is 11.5. The van der Waals surface area contributed by atoms with Crippen molar-refractivity contribution in [1.29, 1.82) is 0 Å². The van der Waals surface area contributed by atoms with Crippen LogP contribution in [0, 0.1) is 5.82 Å². The van der Waals surface area contributed by atoms with Gasteiger partial charge in [-0.2, -0.15) is 0 Å². The molecule has 0 saturated heterocycles. The van der Waals surface area contributed by atoms with Gasteiger partial charge in [0, 0.05) is 16.5 Å². The molecular formula is C17H14FNOS. The third-order valence-corrected chi connectivity index (χ3v) is 4.35. The van der Waals surface area contributed by atoms with Crippen molar-refractivity contribution in [3.8, 4) is 0 Å². The number of benzene rings is 2. The average molecular weight is 299 g/mol. The molecule has 1 heterocycles. The van der Waals surface area contributed by atoms with Gasteiger partial charge in [-0.05, 0) is 43.3 Å². The van der Waals surface area contributed by atoms with Crippen LogP contribution in [0.3, 0.4) is 0 Å². The molecule has 0 spiro atoms. The molecule has 0 fully saturated rings. The zero-order chi connectivity index (χ0) is 14.8. The number of thioether (sulfide) groups is 1. The lowest BCUT2D eigenvalue weighted by Crippen LogP contribution is -2.13. The summed E-state index contributed by atoms with van der Waals surface area (Å²) in [4.78, 5) is 15.6. The number of halogens is 1. The summed E-state index contributed by atoms with van der Waals surface area (Å²) in [7, 11) is 0. The fraction of sp³-hybridized carbons (Fsp3) is 0.118. The van der Waals surface area contributed by atoms with E-state index in [1.165, 1.54) is 36.0 Å². The molecule has 4 heteroatoms. The van der Waals surface area contributed by atoms with E-state index in [0.717, 1.165) is 15.9 Å². The van der Waals surface area contributed by atoms with Gasteiger partial charge >= 0.3 is 0 Å². The Kier molecular flexibility index (Phi) is 3.80. The van der Waals surface area contributed by atoms with Crippen LogP contribution < -0.4 is 0 Å². The van der Waals surface area contributed by atoms with Gasteiger partial charge in [0.05, 0.1) is 10.3 Å². The predicted octanol–water partition coefficient (Wildman–Crippen LogP) is 4.67. The van der Waals surface area contributed by atoms with Crippen molar-refractivity contribution >= 4 is 28.4 Å². The van der Waals surface area contributed by atoms with Crippen molar-refractivity contribution in [3.63, 3.8) is 0 Å².